The van der Waals surface area contributed by atoms with Crippen molar-refractivity contribution in [3.63, 3.8) is 0 Å². The SMILES string of the molecule is CCOC(=O)N(C)C(C)CC(=O)OCC(C)C. The lowest BCUT2D eigenvalue weighted by Crippen LogP contribution is -2.37. The van der Waals surface area contributed by atoms with E-state index in [-0.39, 0.29) is 18.4 Å². The van der Waals surface area contributed by atoms with Crippen LogP contribution in [0.4, 0.5) is 4.79 Å². The highest BCUT2D eigenvalue weighted by atomic mass is 16.6. The van der Waals surface area contributed by atoms with Crippen molar-refractivity contribution in [3.05, 3.63) is 0 Å². The normalized spacial score (nSPS) is 12.1. The molecule has 0 N–H and O–H groups in total. The van der Waals surface area contributed by atoms with Crippen molar-refractivity contribution >= 4 is 12.1 Å². The molecule has 0 aliphatic rings. The first-order valence-corrected chi connectivity index (χ1v) is 5.93. The van der Waals surface area contributed by atoms with Gasteiger partial charge in [-0.1, -0.05) is 13.8 Å². The van der Waals surface area contributed by atoms with Crippen LogP contribution in [0.25, 0.3) is 0 Å². The van der Waals surface area contributed by atoms with E-state index in [2.05, 4.69) is 0 Å². The highest BCUT2D eigenvalue weighted by Crippen LogP contribution is 2.05. The molecule has 0 heterocycles. The maximum Gasteiger partial charge on any atom is 0.409 e. The number of amides is 1. The minimum Gasteiger partial charge on any atom is -0.465 e. The van der Waals surface area contributed by atoms with Gasteiger partial charge in [-0.2, -0.15) is 0 Å². The molecule has 1 unspecified atom stereocenters. The third-order valence-electron chi connectivity index (χ3n) is 2.26. The first kappa shape index (κ1) is 15.7. The Balaban J connectivity index is 4.02. The van der Waals surface area contributed by atoms with Gasteiger partial charge in [-0.05, 0) is 19.8 Å². The Morgan fingerprint density at radius 3 is 2.24 bits per heavy atom. The largest absolute Gasteiger partial charge is 0.465 e. The Bertz CT molecular complexity index is 253. The van der Waals surface area contributed by atoms with Gasteiger partial charge in [-0.15, -0.1) is 0 Å². The van der Waals surface area contributed by atoms with E-state index in [0.717, 1.165) is 0 Å². The molecule has 0 bridgehead atoms. The summed E-state index contributed by atoms with van der Waals surface area (Å²) in [6.07, 6.45) is -0.237. The topological polar surface area (TPSA) is 55.8 Å². The van der Waals surface area contributed by atoms with Crippen LogP contribution in [0, 0.1) is 5.92 Å². The zero-order chi connectivity index (χ0) is 13.4. The molecule has 0 fully saturated rings. The van der Waals surface area contributed by atoms with Crippen LogP contribution < -0.4 is 0 Å². The molecule has 1 atom stereocenters. The zero-order valence-corrected chi connectivity index (χ0v) is 11.4. The van der Waals surface area contributed by atoms with Gasteiger partial charge in [0.1, 0.15) is 0 Å². The van der Waals surface area contributed by atoms with Gasteiger partial charge in [-0.25, -0.2) is 4.79 Å². The van der Waals surface area contributed by atoms with Gasteiger partial charge < -0.3 is 14.4 Å². The van der Waals surface area contributed by atoms with Crippen molar-refractivity contribution in [2.45, 2.75) is 40.2 Å². The summed E-state index contributed by atoms with van der Waals surface area (Å²) in [6.45, 7) is 8.21. The molecule has 0 rings (SSSR count). The third-order valence-corrected chi connectivity index (χ3v) is 2.26. The number of nitrogens with zero attached hydrogens (tertiary/aromatic N) is 1. The summed E-state index contributed by atoms with van der Waals surface area (Å²) in [5.74, 6) is 0.0272. The second-order valence-corrected chi connectivity index (χ2v) is 4.44. The lowest BCUT2D eigenvalue weighted by atomic mass is 10.2. The first-order valence-electron chi connectivity index (χ1n) is 5.93. The van der Waals surface area contributed by atoms with Crippen molar-refractivity contribution in [2.24, 2.45) is 5.92 Å². The van der Waals surface area contributed by atoms with Gasteiger partial charge in [0.25, 0.3) is 0 Å². The summed E-state index contributed by atoms with van der Waals surface area (Å²) in [6, 6.07) is -0.228. The molecule has 5 nitrogen and oxygen atoms in total. The number of carbonyl (C=O) groups is 2. The highest BCUT2D eigenvalue weighted by Gasteiger charge is 2.20. The molecule has 0 aliphatic heterocycles. The fourth-order valence-corrected chi connectivity index (χ4v) is 1.10. The van der Waals surface area contributed by atoms with Crippen LogP contribution in [0.5, 0.6) is 0 Å². The minimum absolute atomic E-state index is 0.183. The summed E-state index contributed by atoms with van der Waals surface area (Å²) in [5, 5.41) is 0. The number of rotatable bonds is 6. The van der Waals surface area contributed by atoms with Gasteiger partial charge >= 0.3 is 12.1 Å². The Labute approximate surface area is 103 Å². The average molecular weight is 245 g/mol. The first-order chi connectivity index (χ1) is 7.88. The van der Waals surface area contributed by atoms with Crippen LogP contribution in [-0.2, 0) is 14.3 Å². The third kappa shape index (κ3) is 6.81. The number of esters is 1. The van der Waals surface area contributed by atoms with Crippen LogP contribution in [0.3, 0.4) is 0 Å². The van der Waals surface area contributed by atoms with Crippen molar-refractivity contribution < 1.29 is 19.1 Å². The minimum atomic E-state index is -0.420. The molecule has 17 heavy (non-hydrogen) atoms. The van der Waals surface area contributed by atoms with E-state index < -0.39 is 6.09 Å². The molecule has 0 radical (unpaired) electrons. The Hall–Kier alpha value is -1.26. The zero-order valence-electron chi connectivity index (χ0n) is 11.4. The molecule has 0 spiro atoms. The molecule has 0 aromatic carbocycles. The molecule has 0 aromatic rings. The molecule has 0 aliphatic carbocycles. The van der Waals surface area contributed by atoms with Crippen molar-refractivity contribution in [1.29, 1.82) is 0 Å². The molecule has 100 valence electrons. The lowest BCUT2D eigenvalue weighted by molar-refractivity contribution is -0.145. The molecule has 0 aromatic heterocycles. The lowest BCUT2D eigenvalue weighted by Gasteiger charge is -2.23. The van der Waals surface area contributed by atoms with Crippen molar-refractivity contribution in [3.8, 4) is 0 Å². The van der Waals surface area contributed by atoms with E-state index in [9.17, 15) is 9.59 Å². The predicted octanol–water partition coefficient (Wildman–Crippen LogP) is 2.05. The predicted molar refractivity (Wildman–Crippen MR) is 64.7 cm³/mol. The molecule has 0 saturated heterocycles. The molecule has 5 heteroatoms. The van der Waals surface area contributed by atoms with Crippen LogP contribution >= 0.6 is 0 Å². The number of hydrogen-bond donors (Lipinski definition) is 0. The van der Waals surface area contributed by atoms with E-state index in [0.29, 0.717) is 19.1 Å². The molecule has 0 saturated carbocycles. The van der Waals surface area contributed by atoms with Gasteiger partial charge in [0.05, 0.1) is 19.6 Å². The maximum absolute atomic E-state index is 11.4. The van der Waals surface area contributed by atoms with E-state index in [1.54, 1.807) is 20.9 Å². The summed E-state index contributed by atoms with van der Waals surface area (Å²) in [5.41, 5.74) is 0. The number of carbonyl (C=O) groups excluding carboxylic acids is 2. The molecule has 1 amide bonds. The van der Waals surface area contributed by atoms with Gasteiger partial charge in [0.2, 0.25) is 0 Å². The van der Waals surface area contributed by atoms with Crippen LogP contribution in [0.1, 0.15) is 34.1 Å². The van der Waals surface area contributed by atoms with E-state index >= 15 is 0 Å². The van der Waals surface area contributed by atoms with Crippen LogP contribution in [0.2, 0.25) is 0 Å². The summed E-state index contributed by atoms with van der Waals surface area (Å²) >= 11 is 0. The van der Waals surface area contributed by atoms with Gasteiger partial charge in [0.15, 0.2) is 0 Å². The Morgan fingerprint density at radius 1 is 1.18 bits per heavy atom. The number of ether oxygens (including phenoxy) is 2. The van der Waals surface area contributed by atoms with Gasteiger partial charge in [0, 0.05) is 13.1 Å². The summed E-state index contributed by atoms with van der Waals surface area (Å²) in [4.78, 5) is 24.2. The highest BCUT2D eigenvalue weighted by molar-refractivity contribution is 5.72. The van der Waals surface area contributed by atoms with Crippen molar-refractivity contribution in [2.75, 3.05) is 20.3 Å². The van der Waals surface area contributed by atoms with E-state index in [1.807, 2.05) is 13.8 Å². The van der Waals surface area contributed by atoms with Crippen LogP contribution in [-0.4, -0.2) is 43.3 Å². The van der Waals surface area contributed by atoms with E-state index in [4.69, 9.17) is 9.47 Å². The quantitative estimate of drug-likeness (QED) is 0.672. The number of hydrogen-bond acceptors (Lipinski definition) is 4. The monoisotopic (exact) mass is 245 g/mol. The fraction of sp³-hybridized carbons (Fsp3) is 0.833. The van der Waals surface area contributed by atoms with E-state index in [1.165, 1.54) is 4.90 Å². The van der Waals surface area contributed by atoms with Crippen molar-refractivity contribution in [1.82, 2.24) is 4.90 Å². The molecular weight excluding hydrogens is 222 g/mol. The molecular formula is C12H23NO4. The smallest absolute Gasteiger partial charge is 0.409 e. The Morgan fingerprint density at radius 2 is 1.76 bits per heavy atom. The average Bonchev–Trinajstić information content (AvgIpc) is 2.25. The van der Waals surface area contributed by atoms with Crippen LogP contribution in [0.15, 0.2) is 0 Å². The summed E-state index contributed by atoms with van der Waals surface area (Å²) < 4.78 is 9.89. The second-order valence-electron chi connectivity index (χ2n) is 4.44. The fourth-order valence-electron chi connectivity index (χ4n) is 1.10. The standard InChI is InChI=1S/C12H23NO4/c1-6-16-12(15)13(5)10(4)7-11(14)17-8-9(2)3/h9-10H,6-8H2,1-5H3. The second kappa shape index (κ2) is 7.92. The Kier molecular flexibility index (Phi) is 7.34. The van der Waals surface area contributed by atoms with Gasteiger partial charge in [-0.3, -0.25) is 4.79 Å². The summed E-state index contributed by atoms with van der Waals surface area (Å²) in [7, 11) is 1.61. The maximum atomic E-state index is 11.4.